The minimum Gasteiger partial charge on any atom is -0.296 e. The van der Waals surface area contributed by atoms with E-state index in [-0.39, 0.29) is 11.6 Å². The number of carbonyl (C=O) groups excluding carboxylic acids is 1. The number of anilines is 1. The summed E-state index contributed by atoms with van der Waals surface area (Å²) in [5.74, 6) is 0.321. The topological polar surface area (TPSA) is 85.1 Å². The van der Waals surface area contributed by atoms with Crippen LogP contribution in [0.15, 0.2) is 30.3 Å². The van der Waals surface area contributed by atoms with E-state index in [1.54, 1.807) is 19.1 Å². The van der Waals surface area contributed by atoms with Crippen LogP contribution in [-0.4, -0.2) is 30.7 Å². The molecule has 0 spiro atoms. The first-order chi connectivity index (χ1) is 11.1. The van der Waals surface area contributed by atoms with Crippen molar-refractivity contribution >= 4 is 38.2 Å². The number of nitrogens with one attached hydrogen (secondary N) is 1. The lowest BCUT2D eigenvalue weighted by atomic mass is 10.2. The van der Waals surface area contributed by atoms with Gasteiger partial charge in [0, 0.05) is 0 Å². The fourth-order valence-electron chi connectivity index (χ4n) is 2.32. The van der Waals surface area contributed by atoms with Crippen LogP contribution in [0.3, 0.4) is 0 Å². The molecule has 0 fully saturated rings. The minimum absolute atomic E-state index is 0.288. The van der Waals surface area contributed by atoms with Crippen LogP contribution in [0.25, 0.3) is 15.9 Å². The zero-order valence-corrected chi connectivity index (χ0v) is 13.3. The molecular weight excluding hydrogens is 312 g/mol. The summed E-state index contributed by atoms with van der Waals surface area (Å²) in [6, 6.07) is 9.30. The number of carbonyl (C=O) groups is 1. The molecule has 1 aromatic carbocycles. The average molecular weight is 324 g/mol. The maximum atomic E-state index is 12.4. The predicted octanol–water partition coefficient (Wildman–Crippen LogP) is 2.60. The first-order valence-corrected chi connectivity index (χ1v) is 7.80. The maximum Gasteiger partial charge on any atom is 0.277 e. The first kappa shape index (κ1) is 13.8. The fraction of sp³-hybridized carbons (Fsp3) is 0.133. The highest BCUT2D eigenvalue weighted by Crippen LogP contribution is 2.28. The number of para-hydroxylation sites is 1. The number of rotatable bonds is 2. The summed E-state index contributed by atoms with van der Waals surface area (Å²) in [5.41, 5.74) is 2.89. The van der Waals surface area contributed by atoms with E-state index in [4.69, 9.17) is 0 Å². The zero-order chi connectivity index (χ0) is 16.0. The molecular formula is C15H12N6OS. The molecule has 3 heterocycles. The summed E-state index contributed by atoms with van der Waals surface area (Å²) in [6.07, 6.45) is 0. The Morgan fingerprint density at radius 3 is 2.87 bits per heavy atom. The number of benzene rings is 1. The van der Waals surface area contributed by atoms with Crippen molar-refractivity contribution in [3.05, 3.63) is 47.4 Å². The smallest absolute Gasteiger partial charge is 0.277 e. The highest BCUT2D eigenvalue weighted by molar-refractivity contribution is 7.22. The largest absolute Gasteiger partial charge is 0.296 e. The molecule has 4 aromatic rings. The van der Waals surface area contributed by atoms with Gasteiger partial charge in [0.05, 0.1) is 10.2 Å². The number of nitrogens with zero attached hydrogens (tertiary/aromatic N) is 5. The molecule has 3 aromatic heterocycles. The van der Waals surface area contributed by atoms with Crippen molar-refractivity contribution in [2.24, 2.45) is 0 Å². The van der Waals surface area contributed by atoms with Gasteiger partial charge >= 0.3 is 0 Å². The van der Waals surface area contributed by atoms with E-state index < -0.39 is 0 Å². The van der Waals surface area contributed by atoms with Crippen LogP contribution in [0.2, 0.25) is 0 Å². The summed E-state index contributed by atoms with van der Waals surface area (Å²) >= 11 is 1.44. The van der Waals surface area contributed by atoms with Crippen molar-refractivity contribution in [2.75, 3.05) is 5.32 Å². The van der Waals surface area contributed by atoms with Crippen LogP contribution >= 0.6 is 11.3 Å². The number of thiazole rings is 1. The van der Waals surface area contributed by atoms with Crippen molar-refractivity contribution < 1.29 is 4.79 Å². The van der Waals surface area contributed by atoms with Crippen LogP contribution in [0, 0.1) is 13.8 Å². The molecule has 4 rings (SSSR count). The third-order valence-corrected chi connectivity index (χ3v) is 4.43. The molecule has 23 heavy (non-hydrogen) atoms. The second-order valence-electron chi connectivity index (χ2n) is 5.13. The van der Waals surface area contributed by atoms with E-state index >= 15 is 0 Å². The second kappa shape index (κ2) is 5.10. The standard InChI is InChI=1S/C15H12N6OS/c1-8-4-3-5-11-13(8)16-15(23-11)17-14(22)10-6-7-12-19-18-9(2)21(12)20-10/h3-7H,1-2H3,(H,16,17,22). The predicted molar refractivity (Wildman–Crippen MR) is 87.8 cm³/mol. The average Bonchev–Trinajstić information content (AvgIpc) is 3.12. The van der Waals surface area contributed by atoms with E-state index in [0.29, 0.717) is 16.6 Å². The summed E-state index contributed by atoms with van der Waals surface area (Å²) in [7, 11) is 0. The van der Waals surface area contributed by atoms with Gasteiger partial charge in [0.15, 0.2) is 16.6 Å². The van der Waals surface area contributed by atoms with Crippen LogP contribution in [0.4, 0.5) is 5.13 Å². The number of fused-ring (bicyclic) bond motifs is 2. The Morgan fingerprint density at radius 1 is 1.17 bits per heavy atom. The van der Waals surface area contributed by atoms with Crippen molar-refractivity contribution in [2.45, 2.75) is 13.8 Å². The van der Waals surface area contributed by atoms with Crippen molar-refractivity contribution in [3.63, 3.8) is 0 Å². The molecule has 0 saturated carbocycles. The van der Waals surface area contributed by atoms with Gasteiger partial charge < -0.3 is 0 Å². The third kappa shape index (κ3) is 2.33. The molecule has 0 aliphatic carbocycles. The lowest BCUT2D eigenvalue weighted by Crippen LogP contribution is -2.15. The molecule has 0 atom stereocenters. The van der Waals surface area contributed by atoms with Crippen LogP contribution in [0.1, 0.15) is 21.9 Å². The number of hydrogen-bond acceptors (Lipinski definition) is 6. The second-order valence-corrected chi connectivity index (χ2v) is 6.16. The van der Waals surface area contributed by atoms with E-state index in [2.05, 4.69) is 25.6 Å². The Labute approximate surface area is 135 Å². The molecule has 114 valence electrons. The Hall–Kier alpha value is -2.87. The SMILES string of the molecule is Cc1cccc2sc(NC(=O)c3ccc4nnc(C)n4n3)nc12. The highest BCUT2D eigenvalue weighted by Gasteiger charge is 2.13. The number of amides is 1. The summed E-state index contributed by atoms with van der Waals surface area (Å²) in [4.78, 5) is 16.9. The van der Waals surface area contributed by atoms with Crippen molar-refractivity contribution in [1.82, 2.24) is 24.8 Å². The van der Waals surface area contributed by atoms with Gasteiger partial charge in [0.25, 0.3) is 5.91 Å². The lowest BCUT2D eigenvalue weighted by molar-refractivity contribution is 0.102. The number of aromatic nitrogens is 5. The normalized spacial score (nSPS) is 11.2. The maximum absolute atomic E-state index is 12.4. The molecule has 0 unspecified atom stereocenters. The van der Waals surface area contributed by atoms with Crippen LogP contribution in [0.5, 0.6) is 0 Å². The van der Waals surface area contributed by atoms with Gasteiger partial charge in [-0.3, -0.25) is 10.1 Å². The Kier molecular flexibility index (Phi) is 3.05. The van der Waals surface area contributed by atoms with Gasteiger partial charge in [-0.15, -0.1) is 10.2 Å². The fourth-order valence-corrected chi connectivity index (χ4v) is 3.26. The zero-order valence-electron chi connectivity index (χ0n) is 12.4. The molecule has 0 bridgehead atoms. The van der Waals surface area contributed by atoms with Gasteiger partial charge in [-0.05, 0) is 37.6 Å². The van der Waals surface area contributed by atoms with Crippen LogP contribution in [-0.2, 0) is 0 Å². The summed E-state index contributed by atoms with van der Waals surface area (Å²) < 4.78 is 2.58. The van der Waals surface area contributed by atoms with E-state index in [0.717, 1.165) is 15.8 Å². The molecule has 0 aliphatic heterocycles. The first-order valence-electron chi connectivity index (χ1n) is 6.98. The molecule has 8 heteroatoms. The molecule has 1 amide bonds. The molecule has 1 N–H and O–H groups in total. The molecule has 0 aliphatic rings. The Morgan fingerprint density at radius 2 is 2.04 bits per heavy atom. The van der Waals surface area contributed by atoms with Gasteiger partial charge in [0.1, 0.15) is 5.69 Å². The Balaban J connectivity index is 1.67. The third-order valence-electron chi connectivity index (χ3n) is 3.49. The van der Waals surface area contributed by atoms with Crippen LogP contribution < -0.4 is 5.32 Å². The molecule has 0 radical (unpaired) electrons. The van der Waals surface area contributed by atoms with Crippen molar-refractivity contribution in [3.8, 4) is 0 Å². The van der Waals surface area contributed by atoms with Crippen molar-refractivity contribution in [1.29, 1.82) is 0 Å². The summed E-state index contributed by atoms with van der Waals surface area (Å²) in [5, 5.41) is 15.5. The number of hydrogen-bond donors (Lipinski definition) is 1. The monoisotopic (exact) mass is 324 g/mol. The Bertz CT molecular complexity index is 1050. The van der Waals surface area contributed by atoms with Gasteiger partial charge in [-0.2, -0.15) is 9.61 Å². The van der Waals surface area contributed by atoms with Gasteiger partial charge in [-0.25, -0.2) is 4.98 Å². The lowest BCUT2D eigenvalue weighted by Gasteiger charge is -2.01. The summed E-state index contributed by atoms with van der Waals surface area (Å²) in [6.45, 7) is 3.78. The minimum atomic E-state index is -0.309. The van der Waals surface area contributed by atoms with E-state index in [9.17, 15) is 4.79 Å². The quantitative estimate of drug-likeness (QED) is 0.612. The molecule has 0 saturated heterocycles. The molecule has 7 nitrogen and oxygen atoms in total. The van der Waals surface area contributed by atoms with Gasteiger partial charge in [-0.1, -0.05) is 23.5 Å². The van der Waals surface area contributed by atoms with E-state index in [1.165, 1.54) is 15.9 Å². The van der Waals surface area contributed by atoms with E-state index in [1.807, 2.05) is 25.1 Å². The highest BCUT2D eigenvalue weighted by atomic mass is 32.1. The van der Waals surface area contributed by atoms with Gasteiger partial charge in [0.2, 0.25) is 0 Å². The number of aryl methyl sites for hydroxylation is 2.